The van der Waals surface area contributed by atoms with Gasteiger partial charge in [-0.2, -0.15) is 0 Å². The Hall–Kier alpha value is -2.96. The molecule has 204 valence electrons. The summed E-state index contributed by atoms with van der Waals surface area (Å²) in [5.74, 6) is 2.05. The van der Waals surface area contributed by atoms with Crippen molar-refractivity contribution in [1.29, 1.82) is 0 Å². The largest absolute Gasteiger partial charge is 0.494 e. The van der Waals surface area contributed by atoms with Crippen molar-refractivity contribution in [1.82, 2.24) is 24.7 Å². The molecule has 38 heavy (non-hydrogen) atoms. The van der Waals surface area contributed by atoms with E-state index in [1.165, 1.54) is 45.7 Å². The van der Waals surface area contributed by atoms with Crippen LogP contribution in [0.5, 0.6) is 11.5 Å². The highest BCUT2D eigenvalue weighted by atomic mass is 35.5. The number of para-hydroxylation sites is 1. The van der Waals surface area contributed by atoms with Crippen molar-refractivity contribution in [3.8, 4) is 17.2 Å². The number of nitrogens with one attached hydrogen (secondary N) is 1. The molecule has 2 atom stereocenters. The molecule has 2 saturated carbocycles. The maximum Gasteiger partial charge on any atom is 0.243 e. The number of sulfonamides is 1. The monoisotopic (exact) mass is 562 g/mol. The first kappa shape index (κ1) is 26.6. The summed E-state index contributed by atoms with van der Waals surface area (Å²) in [4.78, 5) is 8.30. The summed E-state index contributed by atoms with van der Waals surface area (Å²) in [7, 11) is 0.445. The van der Waals surface area contributed by atoms with Crippen molar-refractivity contribution in [2.45, 2.75) is 56.3 Å². The average molecular weight is 563 g/mol. The van der Waals surface area contributed by atoms with E-state index in [1.807, 2.05) is 0 Å². The zero-order chi connectivity index (χ0) is 27.1. The maximum atomic E-state index is 13.6. The van der Waals surface area contributed by atoms with Crippen molar-refractivity contribution >= 4 is 27.6 Å². The van der Waals surface area contributed by atoms with Crippen LogP contribution in [0.1, 0.15) is 62.7 Å². The lowest BCUT2D eigenvalue weighted by Crippen LogP contribution is -2.42. The predicted molar refractivity (Wildman–Crippen MR) is 142 cm³/mol. The second-order valence-electron chi connectivity index (χ2n) is 9.96. The van der Waals surface area contributed by atoms with E-state index >= 15 is 0 Å². The molecule has 5 rings (SSSR count). The van der Waals surface area contributed by atoms with Crippen LogP contribution in [-0.2, 0) is 14.8 Å². The van der Waals surface area contributed by atoms with E-state index in [0.29, 0.717) is 33.4 Å². The molecule has 2 fully saturated rings. The van der Waals surface area contributed by atoms with Crippen molar-refractivity contribution < 1.29 is 22.6 Å². The van der Waals surface area contributed by atoms with Gasteiger partial charge in [0.05, 0.1) is 19.2 Å². The number of halogens is 1. The minimum absolute atomic E-state index is 0.0380. The van der Waals surface area contributed by atoms with E-state index in [9.17, 15) is 8.42 Å². The Labute approximate surface area is 226 Å². The third-order valence-corrected chi connectivity index (χ3v) is 9.64. The molecule has 2 aromatic heterocycles. The summed E-state index contributed by atoms with van der Waals surface area (Å²) in [6.45, 7) is 1.52. The van der Waals surface area contributed by atoms with Crippen LogP contribution in [0.25, 0.3) is 5.69 Å². The van der Waals surface area contributed by atoms with Crippen molar-refractivity contribution in [2.75, 3.05) is 26.1 Å². The normalized spacial score (nSPS) is 18.3. The van der Waals surface area contributed by atoms with E-state index in [1.54, 1.807) is 37.0 Å². The van der Waals surface area contributed by atoms with E-state index in [0.717, 1.165) is 12.8 Å². The zero-order valence-electron chi connectivity index (χ0n) is 21.7. The molecule has 0 radical (unpaired) electrons. The third kappa shape index (κ3) is 4.69. The summed E-state index contributed by atoms with van der Waals surface area (Å²) in [5, 5.41) is 8.02. The lowest BCUT2D eigenvalue weighted by molar-refractivity contribution is 0.00552. The Balaban J connectivity index is 1.53. The quantitative estimate of drug-likeness (QED) is 0.384. The van der Waals surface area contributed by atoms with Crippen molar-refractivity contribution in [3.05, 3.63) is 47.3 Å². The minimum Gasteiger partial charge on any atom is -0.494 e. The number of methoxy groups -OCH3 is 3. The Morgan fingerprint density at radius 2 is 1.71 bits per heavy atom. The second kappa shape index (κ2) is 10.3. The van der Waals surface area contributed by atoms with Gasteiger partial charge in [-0.3, -0.25) is 9.29 Å². The van der Waals surface area contributed by atoms with Gasteiger partial charge in [-0.25, -0.2) is 18.4 Å². The molecule has 0 saturated heterocycles. The van der Waals surface area contributed by atoms with Gasteiger partial charge in [0.25, 0.3) is 0 Å². The Morgan fingerprint density at radius 1 is 1.08 bits per heavy atom. The van der Waals surface area contributed by atoms with Gasteiger partial charge in [-0.15, -0.1) is 10.2 Å². The first-order valence-electron chi connectivity index (χ1n) is 12.4. The fourth-order valence-corrected chi connectivity index (χ4v) is 6.74. The van der Waals surface area contributed by atoms with Crippen molar-refractivity contribution in [3.63, 3.8) is 0 Å². The molecule has 13 heteroatoms. The van der Waals surface area contributed by atoms with Crippen LogP contribution in [0.15, 0.2) is 30.6 Å². The number of nitrogens with zero attached hydrogens (tertiary/aromatic N) is 5. The number of ether oxygens (including phenoxy) is 3. The smallest absolute Gasteiger partial charge is 0.243 e. The van der Waals surface area contributed by atoms with Gasteiger partial charge in [0.1, 0.15) is 34.4 Å². The molecule has 1 N–H and O–H groups in total. The second-order valence-corrected chi connectivity index (χ2v) is 12.4. The van der Waals surface area contributed by atoms with E-state index < -0.39 is 21.4 Å². The number of anilines is 1. The predicted octanol–water partition coefficient (Wildman–Crippen LogP) is 4.29. The molecule has 11 nitrogen and oxygen atoms in total. The number of rotatable bonds is 10. The average Bonchev–Trinajstić information content (AvgIpc) is 3.25. The minimum atomic E-state index is -4.06. The van der Waals surface area contributed by atoms with Gasteiger partial charge in [0.15, 0.2) is 5.82 Å². The molecule has 3 aromatic rings. The van der Waals surface area contributed by atoms with Crippen LogP contribution in [0.2, 0.25) is 5.02 Å². The van der Waals surface area contributed by atoms with Gasteiger partial charge in [-0.05, 0) is 50.2 Å². The Morgan fingerprint density at radius 3 is 2.24 bits per heavy atom. The van der Waals surface area contributed by atoms with Crippen molar-refractivity contribution in [2.24, 2.45) is 5.41 Å². The molecule has 2 aliphatic rings. The molecule has 0 aliphatic heterocycles. The van der Waals surface area contributed by atoms with Crippen LogP contribution in [-0.4, -0.2) is 59.7 Å². The molecule has 0 amide bonds. The first-order valence-corrected chi connectivity index (χ1v) is 14.3. The molecular weight excluding hydrogens is 532 g/mol. The standard InChI is InChI=1S/C25H31ClN6O5S/c1-15(21(37-4)22-27-13-17(26)14-28-22)38(33,34)31-24-30-29-23(16-11-25(12-16)9-6-10-25)32(24)20-18(35-2)7-5-8-19(20)36-3/h5,7-8,13-16,21H,6,9-12H2,1-4H3,(H,30,31). The topological polar surface area (TPSA) is 130 Å². The fraction of sp³-hybridized carbons (Fsp3) is 0.520. The summed E-state index contributed by atoms with van der Waals surface area (Å²) >= 11 is 5.90. The molecule has 2 heterocycles. The third-order valence-electron chi connectivity index (χ3n) is 7.75. The lowest BCUT2D eigenvalue weighted by atomic mass is 9.51. The first-order chi connectivity index (χ1) is 18.2. The van der Waals surface area contributed by atoms with Gasteiger partial charge in [0, 0.05) is 25.4 Å². The van der Waals surface area contributed by atoms with Gasteiger partial charge >= 0.3 is 0 Å². The maximum absolute atomic E-state index is 13.6. The Bertz CT molecular complexity index is 1380. The number of benzene rings is 1. The van der Waals surface area contributed by atoms with Crippen LogP contribution in [0.4, 0.5) is 5.95 Å². The van der Waals surface area contributed by atoms with Crippen LogP contribution < -0.4 is 14.2 Å². The molecule has 2 unspecified atom stereocenters. The summed E-state index contributed by atoms with van der Waals surface area (Å²) < 4.78 is 48.4. The molecular formula is C25H31ClN6O5S. The van der Waals surface area contributed by atoms with Gasteiger partial charge in [0.2, 0.25) is 16.0 Å². The van der Waals surface area contributed by atoms with Gasteiger partial charge < -0.3 is 14.2 Å². The highest BCUT2D eigenvalue weighted by molar-refractivity contribution is 7.93. The summed E-state index contributed by atoms with van der Waals surface area (Å²) in [6.07, 6.45) is 7.51. The van der Waals surface area contributed by atoms with E-state index in [-0.39, 0.29) is 17.7 Å². The summed E-state index contributed by atoms with van der Waals surface area (Å²) in [5.41, 5.74) is 0.909. The number of hydrogen-bond acceptors (Lipinski definition) is 9. The highest BCUT2D eigenvalue weighted by Crippen LogP contribution is 2.62. The summed E-state index contributed by atoms with van der Waals surface area (Å²) in [6, 6.07) is 5.38. The number of hydrogen-bond donors (Lipinski definition) is 1. The molecule has 2 aliphatic carbocycles. The van der Waals surface area contributed by atoms with E-state index in [2.05, 4.69) is 24.9 Å². The SMILES string of the molecule is COc1cccc(OC)c1-n1c(NS(=O)(=O)C(C)C(OC)c2ncc(Cl)cn2)nnc1C1CC2(CCC2)C1. The van der Waals surface area contributed by atoms with Crippen LogP contribution in [0, 0.1) is 5.41 Å². The van der Waals surface area contributed by atoms with Gasteiger partial charge in [-0.1, -0.05) is 24.1 Å². The van der Waals surface area contributed by atoms with Crippen LogP contribution in [0.3, 0.4) is 0 Å². The Kier molecular flexibility index (Phi) is 7.23. The molecule has 1 spiro atoms. The molecule has 0 bridgehead atoms. The molecule has 1 aromatic carbocycles. The highest BCUT2D eigenvalue weighted by Gasteiger charge is 2.50. The lowest BCUT2D eigenvalue weighted by Gasteiger charge is -2.53. The fourth-order valence-electron chi connectivity index (χ4n) is 5.51. The van der Waals surface area contributed by atoms with Crippen LogP contribution >= 0.6 is 11.6 Å². The zero-order valence-corrected chi connectivity index (χ0v) is 23.3. The van der Waals surface area contributed by atoms with E-state index in [4.69, 9.17) is 25.8 Å². The number of aromatic nitrogens is 5.